The molecule has 0 saturated carbocycles. The highest BCUT2D eigenvalue weighted by atomic mass is 35.5. The minimum Gasteiger partial charge on any atom is -0.299 e. The molecular weight excluding hydrogens is 539 g/mol. The first-order valence-corrected chi connectivity index (χ1v) is 15.7. The summed E-state index contributed by atoms with van der Waals surface area (Å²) in [6, 6.07) is 10.2. The molecule has 0 aromatic heterocycles. The second-order valence-electron chi connectivity index (χ2n) is 8.77. The van der Waals surface area contributed by atoms with Crippen LogP contribution in [-0.4, -0.2) is 58.9 Å². The van der Waals surface area contributed by atoms with Crippen molar-refractivity contribution in [3.8, 4) is 0 Å². The molecule has 0 radical (unpaired) electrons. The number of halogens is 3. The number of likely N-dealkylation sites (tertiary alicyclic amines) is 1. The van der Waals surface area contributed by atoms with Crippen molar-refractivity contribution in [2.75, 3.05) is 29.4 Å². The third kappa shape index (κ3) is 7.02. The van der Waals surface area contributed by atoms with E-state index in [2.05, 4.69) is 4.90 Å². The molecule has 6 nitrogen and oxygen atoms in total. The number of benzene rings is 2. The van der Waals surface area contributed by atoms with Gasteiger partial charge in [-0.15, -0.1) is 0 Å². The van der Waals surface area contributed by atoms with Gasteiger partial charge in [-0.05, 0) is 75.2 Å². The fourth-order valence-corrected chi connectivity index (χ4v) is 7.66. The van der Waals surface area contributed by atoms with Crippen LogP contribution in [0, 0.1) is 0 Å². The third-order valence-electron chi connectivity index (χ3n) is 5.99. The van der Waals surface area contributed by atoms with E-state index in [9.17, 15) is 16.8 Å². The first-order chi connectivity index (χ1) is 15.9. The normalized spacial score (nSPS) is 18.6. The summed E-state index contributed by atoms with van der Waals surface area (Å²) in [6.45, 7) is 3.17. The van der Waals surface area contributed by atoms with Crippen LogP contribution in [0.15, 0.2) is 47.4 Å². The van der Waals surface area contributed by atoms with Crippen molar-refractivity contribution in [1.29, 1.82) is 0 Å². The Morgan fingerprint density at radius 3 is 2.29 bits per heavy atom. The Morgan fingerprint density at radius 2 is 1.65 bits per heavy atom. The van der Waals surface area contributed by atoms with Gasteiger partial charge in [0.2, 0.25) is 0 Å². The van der Waals surface area contributed by atoms with E-state index in [1.54, 1.807) is 18.2 Å². The first-order valence-electron chi connectivity index (χ1n) is 11.1. The number of sulfone groups is 1. The average molecular weight is 568 g/mol. The number of hydrogen-bond acceptors (Lipinski definition) is 5. The van der Waals surface area contributed by atoms with Crippen molar-refractivity contribution in [2.45, 2.75) is 49.6 Å². The Kier molecular flexibility index (Phi) is 9.20. The van der Waals surface area contributed by atoms with Gasteiger partial charge in [-0.25, -0.2) is 16.8 Å². The molecule has 0 N–H and O–H groups in total. The number of anilines is 1. The minimum atomic E-state index is -3.99. The summed E-state index contributed by atoms with van der Waals surface area (Å²) in [7, 11) is -7.11. The maximum Gasteiger partial charge on any atom is 0.264 e. The molecule has 0 bridgehead atoms. The molecule has 188 valence electrons. The van der Waals surface area contributed by atoms with E-state index in [0.29, 0.717) is 28.7 Å². The molecule has 2 aromatic rings. The maximum atomic E-state index is 13.7. The zero-order chi connectivity index (χ0) is 25.1. The van der Waals surface area contributed by atoms with Crippen molar-refractivity contribution in [2.24, 2.45) is 0 Å². The van der Waals surface area contributed by atoms with E-state index in [-0.39, 0.29) is 21.7 Å². The van der Waals surface area contributed by atoms with E-state index in [0.717, 1.165) is 25.8 Å². The summed E-state index contributed by atoms with van der Waals surface area (Å²) in [5.74, 6) is 0.105. The van der Waals surface area contributed by atoms with E-state index in [1.807, 2.05) is 6.92 Å². The zero-order valence-electron chi connectivity index (χ0n) is 19.1. The standard InChI is InChI=1S/C23H29Cl3N2O4S2/c1-17(12-14-27-13-4-3-5-20(27)16-33(2,29)30)28(23-15-19(25)8-11-22(23)26)34(31,32)21-9-6-18(24)7-10-21/h6-11,15,17,20H,3-5,12-14,16H2,1-2H3/t17?,20-/m1/s1. The molecule has 34 heavy (non-hydrogen) atoms. The lowest BCUT2D eigenvalue weighted by Crippen LogP contribution is -2.46. The molecule has 1 unspecified atom stereocenters. The third-order valence-corrected chi connectivity index (χ3v) is 9.73. The van der Waals surface area contributed by atoms with Crippen LogP contribution in [-0.2, 0) is 19.9 Å². The van der Waals surface area contributed by atoms with Crippen LogP contribution >= 0.6 is 34.8 Å². The van der Waals surface area contributed by atoms with Crippen LogP contribution in [0.5, 0.6) is 0 Å². The Morgan fingerprint density at radius 1 is 1.00 bits per heavy atom. The Labute approximate surface area is 217 Å². The molecular formula is C23H29Cl3N2O4S2. The molecule has 3 rings (SSSR count). The van der Waals surface area contributed by atoms with Crippen molar-refractivity contribution in [3.63, 3.8) is 0 Å². The lowest BCUT2D eigenvalue weighted by molar-refractivity contribution is 0.158. The van der Waals surface area contributed by atoms with E-state index in [4.69, 9.17) is 34.8 Å². The molecule has 0 amide bonds. The van der Waals surface area contributed by atoms with Crippen LogP contribution in [0.2, 0.25) is 15.1 Å². The van der Waals surface area contributed by atoms with Gasteiger partial charge >= 0.3 is 0 Å². The maximum absolute atomic E-state index is 13.7. The fourth-order valence-electron chi connectivity index (χ4n) is 4.34. The van der Waals surface area contributed by atoms with Crippen molar-refractivity contribution in [1.82, 2.24) is 4.90 Å². The lowest BCUT2D eigenvalue weighted by Gasteiger charge is -2.37. The van der Waals surface area contributed by atoms with Gasteiger partial charge in [-0.2, -0.15) is 0 Å². The van der Waals surface area contributed by atoms with Gasteiger partial charge in [0.05, 0.1) is 21.4 Å². The zero-order valence-corrected chi connectivity index (χ0v) is 23.0. The predicted molar refractivity (Wildman–Crippen MR) is 141 cm³/mol. The lowest BCUT2D eigenvalue weighted by atomic mass is 10.0. The largest absolute Gasteiger partial charge is 0.299 e. The first kappa shape index (κ1) is 27.6. The quantitative estimate of drug-likeness (QED) is 0.399. The number of rotatable bonds is 9. The summed E-state index contributed by atoms with van der Waals surface area (Å²) in [6.07, 6.45) is 4.53. The second kappa shape index (κ2) is 11.4. The molecule has 2 atom stereocenters. The minimum absolute atomic E-state index is 0.0629. The molecule has 1 fully saturated rings. The summed E-state index contributed by atoms with van der Waals surface area (Å²) in [5.41, 5.74) is 0.294. The van der Waals surface area contributed by atoms with Gasteiger partial charge in [0.1, 0.15) is 9.84 Å². The van der Waals surface area contributed by atoms with Crippen molar-refractivity contribution >= 4 is 60.4 Å². The number of hydrogen-bond donors (Lipinski definition) is 0. The molecule has 0 spiro atoms. The second-order valence-corrected chi connectivity index (χ2v) is 14.0. The molecule has 0 aliphatic carbocycles. The van der Waals surface area contributed by atoms with Gasteiger partial charge in [0.15, 0.2) is 0 Å². The number of piperidine rings is 1. The Hall–Kier alpha value is -1.03. The highest BCUT2D eigenvalue weighted by Gasteiger charge is 2.33. The van der Waals surface area contributed by atoms with Crippen LogP contribution in [0.25, 0.3) is 0 Å². The van der Waals surface area contributed by atoms with Crippen LogP contribution in [0.1, 0.15) is 32.6 Å². The van der Waals surface area contributed by atoms with Crippen LogP contribution in [0.4, 0.5) is 5.69 Å². The van der Waals surface area contributed by atoms with Crippen molar-refractivity contribution < 1.29 is 16.8 Å². The van der Waals surface area contributed by atoms with Crippen molar-refractivity contribution in [3.05, 3.63) is 57.5 Å². The molecule has 2 aromatic carbocycles. The molecule has 11 heteroatoms. The molecule has 1 aliphatic rings. The molecule has 1 heterocycles. The van der Waals surface area contributed by atoms with E-state index in [1.165, 1.54) is 34.8 Å². The van der Waals surface area contributed by atoms with Crippen LogP contribution < -0.4 is 4.31 Å². The topological polar surface area (TPSA) is 74.8 Å². The SMILES string of the molecule is CC(CCN1CCCC[C@@H]1CS(C)(=O)=O)N(c1cc(Cl)ccc1Cl)S(=O)(=O)c1ccc(Cl)cc1. The highest BCUT2D eigenvalue weighted by Crippen LogP contribution is 2.35. The summed E-state index contributed by atoms with van der Waals surface area (Å²) >= 11 is 18.6. The number of nitrogens with zero attached hydrogens (tertiary/aromatic N) is 2. The van der Waals surface area contributed by atoms with Gasteiger partial charge in [-0.3, -0.25) is 9.21 Å². The number of sulfonamides is 1. The van der Waals surface area contributed by atoms with Gasteiger partial charge in [0, 0.05) is 34.9 Å². The monoisotopic (exact) mass is 566 g/mol. The van der Waals surface area contributed by atoms with E-state index >= 15 is 0 Å². The summed E-state index contributed by atoms with van der Waals surface area (Å²) in [4.78, 5) is 2.25. The van der Waals surface area contributed by atoms with E-state index < -0.39 is 25.9 Å². The van der Waals surface area contributed by atoms with Gasteiger partial charge in [0.25, 0.3) is 10.0 Å². The summed E-state index contributed by atoms with van der Waals surface area (Å²) in [5, 5.41) is 1.07. The highest BCUT2D eigenvalue weighted by molar-refractivity contribution is 7.93. The smallest absolute Gasteiger partial charge is 0.264 e. The van der Waals surface area contributed by atoms with Gasteiger partial charge in [-0.1, -0.05) is 41.2 Å². The average Bonchev–Trinajstić information content (AvgIpc) is 2.75. The Balaban J connectivity index is 1.91. The molecule has 1 saturated heterocycles. The van der Waals surface area contributed by atoms with Gasteiger partial charge < -0.3 is 0 Å². The fraction of sp³-hybridized carbons (Fsp3) is 0.478. The predicted octanol–water partition coefficient (Wildman–Crippen LogP) is 5.52. The molecule has 1 aliphatic heterocycles. The van der Waals surface area contributed by atoms with Crippen LogP contribution in [0.3, 0.4) is 0 Å². The summed E-state index contributed by atoms with van der Waals surface area (Å²) < 4.78 is 52.6. The Bertz CT molecular complexity index is 1210.